The Labute approximate surface area is 125 Å². The second-order valence-electron chi connectivity index (χ2n) is 4.78. The molecule has 6 heteroatoms. The fourth-order valence-electron chi connectivity index (χ4n) is 2.02. The predicted molar refractivity (Wildman–Crippen MR) is 83.2 cm³/mol. The third-order valence-electron chi connectivity index (χ3n) is 2.92. The minimum Gasteiger partial charge on any atom is -0.335 e. The summed E-state index contributed by atoms with van der Waals surface area (Å²) in [5.74, 6) is -0.480. The zero-order valence-electron chi connectivity index (χ0n) is 12.3. The minimum atomic E-state index is -0.257. The van der Waals surface area contributed by atoms with Gasteiger partial charge in [0, 0.05) is 12.7 Å². The number of benzene rings is 1. The molecule has 20 heavy (non-hydrogen) atoms. The van der Waals surface area contributed by atoms with Crippen LogP contribution in [-0.4, -0.2) is 36.9 Å². The number of nitrogens with two attached hydrogens (primary N) is 1. The first-order chi connectivity index (χ1) is 8.85. The van der Waals surface area contributed by atoms with Crippen molar-refractivity contribution in [3.8, 4) is 0 Å². The largest absolute Gasteiger partial charge is 0.335 e. The Morgan fingerprint density at radius 1 is 1.20 bits per heavy atom. The van der Waals surface area contributed by atoms with Gasteiger partial charge in [0.1, 0.15) is 0 Å². The molecule has 0 spiro atoms. The number of carbonyl (C=O) groups is 2. The van der Waals surface area contributed by atoms with E-state index in [1.807, 2.05) is 32.9 Å². The van der Waals surface area contributed by atoms with Crippen molar-refractivity contribution in [2.45, 2.75) is 20.8 Å². The number of anilines is 1. The molecule has 1 aromatic rings. The summed E-state index contributed by atoms with van der Waals surface area (Å²) < 4.78 is 0. The summed E-state index contributed by atoms with van der Waals surface area (Å²) in [6, 6.07) is 4.02. The Hall–Kier alpha value is -1.59. The minimum absolute atomic E-state index is 0. The molecule has 0 atom stereocenters. The highest BCUT2D eigenvalue weighted by atomic mass is 35.5. The SMILES string of the molecule is Cc1cc(C)c(NC(=O)CN(C)C(=O)CN)c(C)c1.Cl. The van der Waals surface area contributed by atoms with Crippen molar-refractivity contribution in [1.29, 1.82) is 0 Å². The molecule has 5 nitrogen and oxygen atoms in total. The highest BCUT2D eigenvalue weighted by Gasteiger charge is 2.13. The predicted octanol–water partition coefficient (Wildman–Crippen LogP) is 1.39. The molecular weight excluding hydrogens is 278 g/mol. The molecule has 1 rings (SSSR count). The van der Waals surface area contributed by atoms with Crippen molar-refractivity contribution in [3.05, 3.63) is 28.8 Å². The topological polar surface area (TPSA) is 75.4 Å². The van der Waals surface area contributed by atoms with Crippen molar-refractivity contribution in [2.75, 3.05) is 25.5 Å². The molecule has 0 aliphatic heterocycles. The van der Waals surface area contributed by atoms with Crippen LogP contribution in [0, 0.1) is 20.8 Å². The van der Waals surface area contributed by atoms with Gasteiger partial charge in [-0.15, -0.1) is 12.4 Å². The van der Waals surface area contributed by atoms with E-state index in [0.29, 0.717) is 0 Å². The summed E-state index contributed by atoms with van der Waals surface area (Å²) in [4.78, 5) is 24.5. The van der Waals surface area contributed by atoms with Gasteiger partial charge in [0.2, 0.25) is 11.8 Å². The average molecular weight is 300 g/mol. The second kappa shape index (κ2) is 7.87. The second-order valence-corrected chi connectivity index (χ2v) is 4.78. The monoisotopic (exact) mass is 299 g/mol. The molecule has 112 valence electrons. The summed E-state index contributed by atoms with van der Waals surface area (Å²) in [5.41, 5.74) is 9.23. The lowest BCUT2D eigenvalue weighted by Crippen LogP contribution is -2.38. The summed E-state index contributed by atoms with van der Waals surface area (Å²) in [6.07, 6.45) is 0. The molecule has 0 fully saturated rings. The fourth-order valence-corrected chi connectivity index (χ4v) is 2.02. The summed E-state index contributed by atoms with van der Waals surface area (Å²) in [5, 5.41) is 2.84. The van der Waals surface area contributed by atoms with E-state index < -0.39 is 0 Å². The molecule has 0 saturated heterocycles. The number of amides is 2. The van der Waals surface area contributed by atoms with Gasteiger partial charge in [-0.2, -0.15) is 0 Å². The highest BCUT2D eigenvalue weighted by molar-refractivity contribution is 5.95. The van der Waals surface area contributed by atoms with Gasteiger partial charge in [-0.1, -0.05) is 17.7 Å². The Kier molecular flexibility index (Phi) is 7.24. The highest BCUT2D eigenvalue weighted by Crippen LogP contribution is 2.21. The number of likely N-dealkylation sites (N-methyl/N-ethyl adjacent to an activating group) is 1. The average Bonchev–Trinajstić information content (AvgIpc) is 2.32. The first-order valence-electron chi connectivity index (χ1n) is 6.17. The number of hydrogen-bond donors (Lipinski definition) is 2. The van der Waals surface area contributed by atoms with Crippen molar-refractivity contribution < 1.29 is 9.59 Å². The molecule has 0 aromatic heterocycles. The van der Waals surface area contributed by atoms with Crippen LogP contribution in [0.2, 0.25) is 0 Å². The lowest BCUT2D eigenvalue weighted by atomic mass is 10.1. The van der Waals surface area contributed by atoms with Gasteiger partial charge in [0.25, 0.3) is 0 Å². The number of carbonyl (C=O) groups excluding carboxylic acids is 2. The van der Waals surface area contributed by atoms with Crippen LogP contribution in [-0.2, 0) is 9.59 Å². The number of nitrogens with one attached hydrogen (secondary N) is 1. The zero-order chi connectivity index (χ0) is 14.6. The first-order valence-corrected chi connectivity index (χ1v) is 6.17. The quantitative estimate of drug-likeness (QED) is 0.882. The number of nitrogens with zero attached hydrogens (tertiary/aromatic N) is 1. The van der Waals surface area contributed by atoms with Gasteiger partial charge < -0.3 is 16.0 Å². The maximum absolute atomic E-state index is 11.9. The molecule has 0 heterocycles. The molecule has 0 saturated carbocycles. The van der Waals surface area contributed by atoms with Crippen LogP contribution in [0.4, 0.5) is 5.69 Å². The fraction of sp³-hybridized carbons (Fsp3) is 0.429. The summed E-state index contributed by atoms with van der Waals surface area (Å²) in [6.45, 7) is 5.82. The van der Waals surface area contributed by atoms with Crippen molar-refractivity contribution in [1.82, 2.24) is 4.90 Å². The normalized spacial score (nSPS) is 9.65. The molecule has 0 bridgehead atoms. The van der Waals surface area contributed by atoms with E-state index in [-0.39, 0.29) is 37.3 Å². The smallest absolute Gasteiger partial charge is 0.243 e. The van der Waals surface area contributed by atoms with Crippen LogP contribution in [0.3, 0.4) is 0 Å². The van der Waals surface area contributed by atoms with E-state index >= 15 is 0 Å². The van der Waals surface area contributed by atoms with Crippen molar-refractivity contribution in [3.63, 3.8) is 0 Å². The molecule has 0 aliphatic carbocycles. The first kappa shape index (κ1) is 18.4. The van der Waals surface area contributed by atoms with Gasteiger partial charge in [-0.25, -0.2) is 0 Å². The molecule has 2 amide bonds. The molecule has 0 aliphatic rings. The van der Waals surface area contributed by atoms with Crippen molar-refractivity contribution >= 4 is 29.9 Å². The third-order valence-corrected chi connectivity index (χ3v) is 2.92. The number of halogens is 1. The van der Waals surface area contributed by atoms with Crippen LogP contribution < -0.4 is 11.1 Å². The van der Waals surface area contributed by atoms with Crippen LogP contribution in [0.1, 0.15) is 16.7 Å². The Balaban J connectivity index is 0.00000361. The summed E-state index contributed by atoms with van der Waals surface area (Å²) in [7, 11) is 1.56. The molecule has 0 radical (unpaired) electrons. The van der Waals surface area contributed by atoms with Crippen LogP contribution in [0.5, 0.6) is 0 Å². The Morgan fingerprint density at radius 3 is 2.15 bits per heavy atom. The standard InChI is InChI=1S/C14H21N3O2.ClH/c1-9-5-10(2)14(11(3)6-9)16-12(18)8-17(4)13(19)7-15;/h5-6H,7-8,15H2,1-4H3,(H,16,18);1H. The molecular formula is C14H22ClN3O2. The van der Waals surface area contributed by atoms with Crippen molar-refractivity contribution in [2.24, 2.45) is 5.73 Å². The molecule has 0 unspecified atom stereocenters. The van der Waals surface area contributed by atoms with Gasteiger partial charge in [-0.05, 0) is 31.9 Å². The number of hydrogen-bond acceptors (Lipinski definition) is 3. The lowest BCUT2D eigenvalue weighted by molar-refractivity contribution is -0.132. The van der Waals surface area contributed by atoms with Gasteiger partial charge >= 0.3 is 0 Å². The van der Waals surface area contributed by atoms with Gasteiger partial charge in [0.15, 0.2) is 0 Å². The lowest BCUT2D eigenvalue weighted by Gasteiger charge is -2.17. The van der Waals surface area contributed by atoms with E-state index in [1.54, 1.807) is 7.05 Å². The number of rotatable bonds is 4. The van der Waals surface area contributed by atoms with Gasteiger partial charge in [-0.3, -0.25) is 9.59 Å². The number of aryl methyl sites for hydroxylation is 3. The van der Waals surface area contributed by atoms with E-state index in [4.69, 9.17) is 5.73 Å². The van der Waals surface area contributed by atoms with E-state index in [2.05, 4.69) is 5.32 Å². The van der Waals surface area contributed by atoms with Crippen LogP contribution in [0.25, 0.3) is 0 Å². The molecule has 1 aromatic carbocycles. The third kappa shape index (κ3) is 4.83. The Bertz CT molecular complexity index is 480. The van der Waals surface area contributed by atoms with E-state index in [1.165, 1.54) is 4.90 Å². The van der Waals surface area contributed by atoms with E-state index in [0.717, 1.165) is 22.4 Å². The van der Waals surface area contributed by atoms with Crippen LogP contribution >= 0.6 is 12.4 Å². The van der Waals surface area contributed by atoms with Crippen LogP contribution in [0.15, 0.2) is 12.1 Å². The maximum atomic E-state index is 11.9. The summed E-state index contributed by atoms with van der Waals surface area (Å²) >= 11 is 0. The maximum Gasteiger partial charge on any atom is 0.243 e. The zero-order valence-corrected chi connectivity index (χ0v) is 13.1. The van der Waals surface area contributed by atoms with E-state index in [9.17, 15) is 9.59 Å². The Morgan fingerprint density at radius 2 is 1.70 bits per heavy atom. The molecule has 3 N–H and O–H groups in total. The van der Waals surface area contributed by atoms with Gasteiger partial charge in [0.05, 0.1) is 13.1 Å².